The van der Waals surface area contributed by atoms with Gasteiger partial charge in [0.15, 0.2) is 11.6 Å². The van der Waals surface area contributed by atoms with Gasteiger partial charge in [-0.3, -0.25) is 0 Å². The number of phenolic OH excluding ortho intramolecular Hbond substituents is 1. The SMILES string of the molecule is CN(C)c1nc(CCCC2CCC(CNCc3cccc(F)c3O)CC2)nc2ccccc12. The lowest BCUT2D eigenvalue weighted by atomic mass is 9.80. The zero-order valence-corrected chi connectivity index (χ0v) is 19.7. The lowest BCUT2D eigenvalue weighted by Crippen LogP contribution is -2.26. The summed E-state index contributed by atoms with van der Waals surface area (Å²) in [5.41, 5.74) is 1.64. The van der Waals surface area contributed by atoms with Crippen molar-refractivity contribution in [2.45, 2.75) is 51.5 Å². The zero-order valence-electron chi connectivity index (χ0n) is 19.7. The van der Waals surface area contributed by atoms with E-state index in [9.17, 15) is 9.50 Å². The molecule has 1 fully saturated rings. The maximum atomic E-state index is 13.5. The second kappa shape index (κ2) is 10.9. The normalized spacial score (nSPS) is 18.5. The highest BCUT2D eigenvalue weighted by Gasteiger charge is 2.21. The number of halogens is 1. The molecular formula is C27H35FN4O. The lowest BCUT2D eigenvalue weighted by Gasteiger charge is -2.28. The van der Waals surface area contributed by atoms with Crippen molar-refractivity contribution in [3.8, 4) is 5.75 Å². The zero-order chi connectivity index (χ0) is 23.2. The number of para-hydroxylation sites is 2. The summed E-state index contributed by atoms with van der Waals surface area (Å²) in [5.74, 6) is 2.58. The van der Waals surface area contributed by atoms with Crippen molar-refractivity contribution in [3.63, 3.8) is 0 Å². The standard InChI is InChI=1S/C27H35FN4O/c1-32(2)27-22-9-3-4-11-24(22)30-25(31-27)12-5-7-19-13-15-20(16-14-19)17-29-18-21-8-6-10-23(28)26(21)33/h3-4,6,8-11,19-20,29,33H,5,7,12-18H2,1-2H3. The molecule has 6 heteroatoms. The number of aryl methyl sites for hydroxylation is 1. The van der Waals surface area contributed by atoms with Gasteiger partial charge in [0.2, 0.25) is 0 Å². The first-order valence-electron chi connectivity index (χ1n) is 12.1. The van der Waals surface area contributed by atoms with Crippen LogP contribution < -0.4 is 10.2 Å². The number of hydrogen-bond acceptors (Lipinski definition) is 5. The molecule has 1 heterocycles. The second-order valence-corrected chi connectivity index (χ2v) is 9.53. The third-order valence-corrected chi connectivity index (χ3v) is 6.85. The van der Waals surface area contributed by atoms with E-state index < -0.39 is 5.82 Å². The molecule has 0 spiro atoms. The number of hydrogen-bond donors (Lipinski definition) is 2. The van der Waals surface area contributed by atoms with Gasteiger partial charge in [-0.25, -0.2) is 14.4 Å². The Morgan fingerprint density at radius 3 is 2.55 bits per heavy atom. The minimum absolute atomic E-state index is 0.234. The molecule has 0 unspecified atom stereocenters. The summed E-state index contributed by atoms with van der Waals surface area (Å²) in [5, 5.41) is 14.3. The number of nitrogens with one attached hydrogen (secondary N) is 1. The number of fused-ring (bicyclic) bond motifs is 1. The topological polar surface area (TPSA) is 61.3 Å². The second-order valence-electron chi connectivity index (χ2n) is 9.53. The quantitative estimate of drug-likeness (QED) is 0.453. The van der Waals surface area contributed by atoms with E-state index in [0.717, 1.165) is 47.8 Å². The number of rotatable bonds is 9. The van der Waals surface area contributed by atoms with E-state index in [1.807, 2.05) is 26.2 Å². The third-order valence-electron chi connectivity index (χ3n) is 6.85. The number of aromatic nitrogens is 2. The van der Waals surface area contributed by atoms with Crippen LogP contribution in [0.25, 0.3) is 10.9 Å². The van der Waals surface area contributed by atoms with Crippen LogP contribution in [0.4, 0.5) is 10.2 Å². The Hall–Kier alpha value is -2.73. The monoisotopic (exact) mass is 450 g/mol. The van der Waals surface area contributed by atoms with E-state index in [1.165, 1.54) is 38.2 Å². The van der Waals surface area contributed by atoms with Gasteiger partial charge >= 0.3 is 0 Å². The highest BCUT2D eigenvalue weighted by atomic mass is 19.1. The van der Waals surface area contributed by atoms with Gasteiger partial charge in [-0.05, 0) is 55.8 Å². The molecule has 0 amide bonds. The fourth-order valence-corrected chi connectivity index (χ4v) is 4.95. The van der Waals surface area contributed by atoms with Crippen LogP contribution in [0.5, 0.6) is 5.75 Å². The van der Waals surface area contributed by atoms with E-state index in [4.69, 9.17) is 9.97 Å². The van der Waals surface area contributed by atoms with Gasteiger partial charge in [0.05, 0.1) is 5.52 Å². The minimum atomic E-state index is -0.554. The van der Waals surface area contributed by atoms with E-state index in [-0.39, 0.29) is 5.75 Å². The molecule has 2 N–H and O–H groups in total. The Labute approximate surface area is 196 Å². The average molecular weight is 451 g/mol. The van der Waals surface area contributed by atoms with Crippen LogP contribution in [0.1, 0.15) is 49.9 Å². The summed E-state index contributed by atoms with van der Waals surface area (Å²) in [6.07, 6.45) is 8.25. The molecule has 0 radical (unpaired) electrons. The largest absolute Gasteiger partial charge is 0.505 e. The highest BCUT2D eigenvalue weighted by molar-refractivity contribution is 5.89. The molecule has 176 valence electrons. The minimum Gasteiger partial charge on any atom is -0.505 e. The Bertz CT molecular complexity index is 1060. The molecule has 0 aliphatic heterocycles. The molecular weight excluding hydrogens is 415 g/mol. The predicted octanol–water partition coefficient (Wildman–Crippen LogP) is 5.46. The summed E-state index contributed by atoms with van der Waals surface area (Å²) in [4.78, 5) is 11.7. The molecule has 3 aromatic rings. The molecule has 1 aliphatic rings. The first-order valence-corrected chi connectivity index (χ1v) is 12.1. The van der Waals surface area contributed by atoms with Crippen LogP contribution in [0.3, 0.4) is 0 Å². The molecule has 1 aliphatic carbocycles. The maximum absolute atomic E-state index is 13.5. The summed E-state index contributed by atoms with van der Waals surface area (Å²) >= 11 is 0. The van der Waals surface area contributed by atoms with Crippen molar-refractivity contribution >= 4 is 16.7 Å². The average Bonchev–Trinajstić information content (AvgIpc) is 2.82. The number of benzene rings is 2. The van der Waals surface area contributed by atoms with Crippen molar-refractivity contribution < 1.29 is 9.50 Å². The van der Waals surface area contributed by atoms with Gasteiger partial charge in [0.25, 0.3) is 0 Å². The van der Waals surface area contributed by atoms with Gasteiger partial charge in [0, 0.05) is 38.0 Å². The molecule has 4 rings (SSSR count). The number of anilines is 1. The first-order chi connectivity index (χ1) is 16.0. The summed E-state index contributed by atoms with van der Waals surface area (Å²) in [6, 6.07) is 12.9. The van der Waals surface area contributed by atoms with Gasteiger partial charge < -0.3 is 15.3 Å². The van der Waals surface area contributed by atoms with Crippen molar-refractivity contribution in [3.05, 3.63) is 59.7 Å². The smallest absolute Gasteiger partial charge is 0.165 e. The Morgan fingerprint density at radius 2 is 1.76 bits per heavy atom. The number of nitrogens with zero attached hydrogens (tertiary/aromatic N) is 3. The summed E-state index contributed by atoms with van der Waals surface area (Å²) in [6.45, 7) is 1.42. The fourth-order valence-electron chi connectivity index (χ4n) is 4.95. The Balaban J connectivity index is 1.20. The molecule has 0 saturated heterocycles. The maximum Gasteiger partial charge on any atom is 0.165 e. The fraction of sp³-hybridized carbons (Fsp3) is 0.481. The summed E-state index contributed by atoms with van der Waals surface area (Å²) < 4.78 is 13.5. The van der Waals surface area contributed by atoms with Crippen LogP contribution in [-0.2, 0) is 13.0 Å². The highest BCUT2D eigenvalue weighted by Crippen LogP contribution is 2.32. The van der Waals surface area contributed by atoms with E-state index >= 15 is 0 Å². The van der Waals surface area contributed by atoms with Crippen molar-refractivity contribution in [1.29, 1.82) is 0 Å². The Morgan fingerprint density at radius 1 is 1.00 bits per heavy atom. The van der Waals surface area contributed by atoms with E-state index in [1.54, 1.807) is 12.1 Å². The number of phenols is 1. The van der Waals surface area contributed by atoms with E-state index in [0.29, 0.717) is 18.0 Å². The van der Waals surface area contributed by atoms with Crippen molar-refractivity contribution in [2.24, 2.45) is 11.8 Å². The molecule has 0 atom stereocenters. The summed E-state index contributed by atoms with van der Waals surface area (Å²) in [7, 11) is 4.07. The van der Waals surface area contributed by atoms with Crippen LogP contribution in [-0.4, -0.2) is 35.7 Å². The predicted molar refractivity (Wildman–Crippen MR) is 132 cm³/mol. The molecule has 5 nitrogen and oxygen atoms in total. The molecule has 1 saturated carbocycles. The third kappa shape index (κ3) is 5.99. The van der Waals surface area contributed by atoms with Gasteiger partial charge in [-0.1, -0.05) is 43.5 Å². The molecule has 33 heavy (non-hydrogen) atoms. The van der Waals surface area contributed by atoms with Gasteiger partial charge in [-0.2, -0.15) is 0 Å². The van der Waals surface area contributed by atoms with Crippen LogP contribution in [0.15, 0.2) is 42.5 Å². The van der Waals surface area contributed by atoms with Gasteiger partial charge in [-0.15, -0.1) is 0 Å². The van der Waals surface area contributed by atoms with Crippen LogP contribution in [0, 0.1) is 17.7 Å². The molecule has 1 aromatic heterocycles. The van der Waals surface area contributed by atoms with Gasteiger partial charge in [0.1, 0.15) is 11.6 Å². The Kier molecular flexibility index (Phi) is 7.76. The van der Waals surface area contributed by atoms with E-state index in [2.05, 4.69) is 22.3 Å². The van der Waals surface area contributed by atoms with Crippen molar-refractivity contribution in [2.75, 3.05) is 25.5 Å². The lowest BCUT2D eigenvalue weighted by molar-refractivity contribution is 0.253. The van der Waals surface area contributed by atoms with Crippen LogP contribution >= 0.6 is 0 Å². The number of aromatic hydroxyl groups is 1. The molecule has 0 bridgehead atoms. The van der Waals surface area contributed by atoms with Crippen molar-refractivity contribution in [1.82, 2.24) is 15.3 Å². The van der Waals surface area contributed by atoms with Crippen LogP contribution in [0.2, 0.25) is 0 Å². The first kappa shape index (κ1) is 23.4. The molecule has 2 aromatic carbocycles.